The van der Waals surface area contributed by atoms with Gasteiger partial charge in [0.15, 0.2) is 5.69 Å². The number of rotatable bonds is 2. The van der Waals surface area contributed by atoms with Crippen molar-refractivity contribution < 1.29 is 4.92 Å². The molecular formula is C8H4ClN3O2S. The Balaban J connectivity index is 2.63. The molecule has 0 atom stereocenters. The van der Waals surface area contributed by atoms with Crippen molar-refractivity contribution in [2.45, 2.75) is 0 Å². The molecule has 0 bridgehead atoms. The Kier molecular flexibility index (Phi) is 2.61. The highest BCUT2D eigenvalue weighted by atomic mass is 35.5. The van der Waals surface area contributed by atoms with Crippen LogP contribution in [0, 0.1) is 10.1 Å². The van der Waals surface area contributed by atoms with Gasteiger partial charge < -0.3 is 0 Å². The van der Waals surface area contributed by atoms with E-state index in [1.165, 1.54) is 11.3 Å². The van der Waals surface area contributed by atoms with Crippen LogP contribution in [0.3, 0.4) is 0 Å². The molecule has 0 amide bonds. The van der Waals surface area contributed by atoms with E-state index in [9.17, 15) is 10.1 Å². The number of hydrogen-bond acceptors (Lipinski definition) is 5. The fraction of sp³-hybridized carbons (Fsp3) is 0. The van der Waals surface area contributed by atoms with Gasteiger partial charge in [-0.1, -0.05) is 6.07 Å². The zero-order valence-electron chi connectivity index (χ0n) is 7.25. The zero-order valence-corrected chi connectivity index (χ0v) is 8.83. The third-order valence-electron chi connectivity index (χ3n) is 1.69. The van der Waals surface area contributed by atoms with Gasteiger partial charge in [0.25, 0.3) is 0 Å². The monoisotopic (exact) mass is 241 g/mol. The largest absolute Gasteiger partial charge is 0.314 e. The van der Waals surface area contributed by atoms with Gasteiger partial charge in [-0.2, -0.15) is 0 Å². The molecule has 0 saturated carbocycles. The van der Waals surface area contributed by atoms with Crippen LogP contribution >= 0.6 is 22.9 Å². The molecule has 0 saturated heterocycles. The summed E-state index contributed by atoms with van der Waals surface area (Å²) < 4.78 is 0. The van der Waals surface area contributed by atoms with E-state index in [2.05, 4.69) is 9.97 Å². The van der Waals surface area contributed by atoms with Crippen molar-refractivity contribution in [1.29, 1.82) is 0 Å². The summed E-state index contributed by atoms with van der Waals surface area (Å²) >= 11 is 6.96. The highest BCUT2D eigenvalue weighted by Crippen LogP contribution is 2.31. The van der Waals surface area contributed by atoms with E-state index in [0.29, 0.717) is 4.88 Å². The van der Waals surface area contributed by atoms with Crippen LogP contribution in [-0.2, 0) is 0 Å². The second-order valence-electron chi connectivity index (χ2n) is 2.61. The van der Waals surface area contributed by atoms with E-state index >= 15 is 0 Å². The fourth-order valence-corrected chi connectivity index (χ4v) is 1.94. The molecule has 7 heteroatoms. The first-order valence-electron chi connectivity index (χ1n) is 3.89. The SMILES string of the molecule is O=[N+]([O-])c1cnc(Cl)nc1-c1cccs1. The van der Waals surface area contributed by atoms with Crippen LogP contribution in [0.15, 0.2) is 23.7 Å². The van der Waals surface area contributed by atoms with Crippen molar-refractivity contribution in [1.82, 2.24) is 9.97 Å². The molecule has 2 rings (SSSR count). The van der Waals surface area contributed by atoms with Crippen molar-refractivity contribution in [2.24, 2.45) is 0 Å². The summed E-state index contributed by atoms with van der Waals surface area (Å²) in [5.74, 6) is 0. The molecule has 0 fully saturated rings. The van der Waals surface area contributed by atoms with Gasteiger partial charge in [-0.05, 0) is 23.0 Å². The molecule has 76 valence electrons. The minimum absolute atomic E-state index is 0.00370. The molecule has 0 aromatic carbocycles. The van der Waals surface area contributed by atoms with Crippen molar-refractivity contribution in [3.8, 4) is 10.6 Å². The summed E-state index contributed by atoms with van der Waals surface area (Å²) in [5, 5.41) is 12.5. The van der Waals surface area contributed by atoms with Gasteiger partial charge in [-0.3, -0.25) is 10.1 Å². The van der Waals surface area contributed by atoms with Gasteiger partial charge in [-0.15, -0.1) is 11.3 Å². The number of aromatic nitrogens is 2. The Labute approximate surface area is 93.5 Å². The summed E-state index contributed by atoms with van der Waals surface area (Å²) in [6.07, 6.45) is 1.12. The van der Waals surface area contributed by atoms with Gasteiger partial charge in [0, 0.05) is 0 Å². The maximum absolute atomic E-state index is 10.7. The Morgan fingerprint density at radius 1 is 1.53 bits per heavy atom. The number of nitro groups is 1. The molecule has 0 aliphatic heterocycles. The van der Waals surface area contributed by atoms with Crippen LogP contribution in [0.1, 0.15) is 0 Å². The lowest BCUT2D eigenvalue weighted by molar-refractivity contribution is -0.384. The standard InChI is InChI=1S/C8H4ClN3O2S/c9-8-10-4-5(12(13)14)7(11-8)6-2-1-3-15-6/h1-4H. The van der Waals surface area contributed by atoms with E-state index in [0.717, 1.165) is 6.20 Å². The first kappa shape index (κ1) is 10.0. The second kappa shape index (κ2) is 3.92. The Bertz CT molecular complexity index is 501. The highest BCUT2D eigenvalue weighted by Gasteiger charge is 2.18. The highest BCUT2D eigenvalue weighted by molar-refractivity contribution is 7.13. The van der Waals surface area contributed by atoms with Gasteiger partial charge in [0.1, 0.15) is 6.20 Å². The average Bonchev–Trinajstić information content (AvgIpc) is 2.69. The Morgan fingerprint density at radius 2 is 2.33 bits per heavy atom. The van der Waals surface area contributed by atoms with Crippen LogP contribution in [0.25, 0.3) is 10.6 Å². The second-order valence-corrected chi connectivity index (χ2v) is 3.89. The lowest BCUT2D eigenvalue weighted by Gasteiger charge is -1.98. The molecule has 5 nitrogen and oxygen atoms in total. The number of hydrogen-bond donors (Lipinski definition) is 0. The van der Waals surface area contributed by atoms with Crippen LogP contribution in [-0.4, -0.2) is 14.9 Å². The smallest absolute Gasteiger partial charge is 0.258 e. The quantitative estimate of drug-likeness (QED) is 0.461. The summed E-state index contributed by atoms with van der Waals surface area (Å²) in [7, 11) is 0. The van der Waals surface area contributed by atoms with E-state index in [4.69, 9.17) is 11.6 Å². The van der Waals surface area contributed by atoms with E-state index < -0.39 is 4.92 Å². The molecular weight excluding hydrogens is 238 g/mol. The van der Waals surface area contributed by atoms with E-state index in [1.807, 2.05) is 5.38 Å². The summed E-state index contributed by atoms with van der Waals surface area (Å²) in [6.45, 7) is 0. The first-order chi connectivity index (χ1) is 7.18. The maximum Gasteiger partial charge on any atom is 0.314 e. The third kappa shape index (κ3) is 1.95. The molecule has 0 N–H and O–H groups in total. The lowest BCUT2D eigenvalue weighted by Crippen LogP contribution is -1.95. The van der Waals surface area contributed by atoms with Crippen LogP contribution in [0.4, 0.5) is 5.69 Å². The normalized spacial score (nSPS) is 10.2. The zero-order chi connectivity index (χ0) is 10.8. The van der Waals surface area contributed by atoms with Crippen molar-refractivity contribution in [2.75, 3.05) is 0 Å². The molecule has 2 heterocycles. The van der Waals surface area contributed by atoms with Crippen molar-refractivity contribution >= 4 is 28.6 Å². The summed E-state index contributed by atoms with van der Waals surface area (Å²) in [4.78, 5) is 18.3. The van der Waals surface area contributed by atoms with Crippen molar-refractivity contribution in [3.05, 3.63) is 39.1 Å². The molecule has 0 aliphatic rings. The number of thiophene rings is 1. The fourth-order valence-electron chi connectivity index (χ4n) is 1.08. The van der Waals surface area contributed by atoms with Gasteiger partial charge in [-0.25, -0.2) is 9.97 Å². The van der Waals surface area contributed by atoms with Crippen LogP contribution in [0.2, 0.25) is 5.28 Å². The molecule has 0 spiro atoms. The molecule has 15 heavy (non-hydrogen) atoms. The molecule has 2 aromatic rings. The number of halogens is 1. The lowest BCUT2D eigenvalue weighted by atomic mass is 10.3. The summed E-state index contributed by atoms with van der Waals surface area (Å²) in [6, 6.07) is 3.54. The predicted octanol–water partition coefficient (Wildman–Crippen LogP) is 2.77. The number of nitrogens with zero attached hydrogens (tertiary/aromatic N) is 3. The first-order valence-corrected chi connectivity index (χ1v) is 5.15. The minimum Gasteiger partial charge on any atom is -0.258 e. The van der Waals surface area contributed by atoms with E-state index in [-0.39, 0.29) is 16.7 Å². The molecule has 0 unspecified atom stereocenters. The molecule has 0 radical (unpaired) electrons. The van der Waals surface area contributed by atoms with Crippen LogP contribution < -0.4 is 0 Å². The molecule has 2 aromatic heterocycles. The van der Waals surface area contributed by atoms with Gasteiger partial charge in [0.2, 0.25) is 5.28 Å². The van der Waals surface area contributed by atoms with Gasteiger partial charge >= 0.3 is 5.69 Å². The minimum atomic E-state index is -0.522. The topological polar surface area (TPSA) is 68.9 Å². The third-order valence-corrected chi connectivity index (χ3v) is 2.75. The Hall–Kier alpha value is -1.53. The average molecular weight is 242 g/mol. The van der Waals surface area contributed by atoms with Crippen molar-refractivity contribution in [3.63, 3.8) is 0 Å². The predicted molar refractivity (Wildman–Crippen MR) is 57.0 cm³/mol. The van der Waals surface area contributed by atoms with Crippen LogP contribution in [0.5, 0.6) is 0 Å². The summed E-state index contributed by atoms with van der Waals surface area (Å²) in [5.41, 5.74) is 0.122. The van der Waals surface area contributed by atoms with E-state index in [1.54, 1.807) is 12.1 Å². The maximum atomic E-state index is 10.7. The molecule has 0 aliphatic carbocycles. The van der Waals surface area contributed by atoms with Gasteiger partial charge in [0.05, 0.1) is 9.80 Å². The Morgan fingerprint density at radius 3 is 2.93 bits per heavy atom.